The van der Waals surface area contributed by atoms with E-state index in [-0.39, 0.29) is 23.6 Å². The van der Waals surface area contributed by atoms with Gasteiger partial charge in [0.2, 0.25) is 0 Å². The molecule has 0 radical (unpaired) electrons. The number of fused-ring (bicyclic) bond motifs is 1. The number of nitrogens with one attached hydrogen (secondary N) is 1. The number of benzene rings is 1. The Hall–Kier alpha value is -4.59. The van der Waals surface area contributed by atoms with Crippen molar-refractivity contribution in [1.82, 2.24) is 29.4 Å². The number of amides is 1. The van der Waals surface area contributed by atoms with E-state index in [2.05, 4.69) is 25.5 Å². The van der Waals surface area contributed by atoms with Crippen LogP contribution in [0.15, 0.2) is 42.6 Å². The maximum atomic E-state index is 12.4. The van der Waals surface area contributed by atoms with Crippen molar-refractivity contribution in [3.05, 3.63) is 65.4 Å². The average Bonchev–Trinajstić information content (AvgIpc) is 3.36. The molecule has 1 amide bonds. The van der Waals surface area contributed by atoms with E-state index in [0.717, 1.165) is 11.4 Å². The summed E-state index contributed by atoms with van der Waals surface area (Å²) in [7, 11) is 0. The lowest BCUT2D eigenvalue weighted by Crippen LogP contribution is -2.23. The Morgan fingerprint density at radius 1 is 1.19 bits per heavy atom. The van der Waals surface area contributed by atoms with E-state index in [1.807, 2.05) is 44.2 Å². The molecule has 160 valence electrons. The minimum atomic E-state index is -0.664. The fourth-order valence-corrected chi connectivity index (χ4v) is 3.09. The standard InChI is InChI=1S/C21H18N8O3/c1-13-8-14(2)28-21(24-13)25-17(27-28)9-19(31)32-12-18(30)26-20-15(10-22)11-23-29(20)16-6-4-3-5-7-16/h3-8,11H,9,12H2,1-2H3,(H,26,30). The summed E-state index contributed by atoms with van der Waals surface area (Å²) in [6, 6.07) is 12.8. The Morgan fingerprint density at radius 3 is 2.72 bits per heavy atom. The molecule has 11 heteroatoms. The molecule has 0 saturated heterocycles. The first-order chi connectivity index (χ1) is 15.4. The van der Waals surface area contributed by atoms with Crippen LogP contribution in [0.5, 0.6) is 0 Å². The number of nitrogens with zero attached hydrogens (tertiary/aromatic N) is 7. The van der Waals surface area contributed by atoms with Gasteiger partial charge in [0, 0.05) is 11.4 Å². The third-order valence-electron chi connectivity index (χ3n) is 4.48. The van der Waals surface area contributed by atoms with Gasteiger partial charge >= 0.3 is 5.97 Å². The van der Waals surface area contributed by atoms with E-state index in [0.29, 0.717) is 11.5 Å². The van der Waals surface area contributed by atoms with Gasteiger partial charge in [-0.25, -0.2) is 14.2 Å². The van der Waals surface area contributed by atoms with Gasteiger partial charge in [0.05, 0.1) is 11.9 Å². The van der Waals surface area contributed by atoms with E-state index in [1.54, 1.807) is 12.1 Å². The summed E-state index contributed by atoms with van der Waals surface area (Å²) < 4.78 is 8.02. The van der Waals surface area contributed by atoms with Crippen molar-refractivity contribution in [2.75, 3.05) is 11.9 Å². The molecule has 0 fully saturated rings. The second-order valence-corrected chi connectivity index (χ2v) is 6.93. The first kappa shape index (κ1) is 20.7. The van der Waals surface area contributed by atoms with Crippen LogP contribution in [0.1, 0.15) is 22.8 Å². The maximum absolute atomic E-state index is 12.4. The lowest BCUT2D eigenvalue weighted by molar-refractivity contribution is -0.146. The number of ether oxygens (including phenoxy) is 1. The molecule has 0 aliphatic heterocycles. The van der Waals surface area contributed by atoms with Gasteiger partial charge in [0.15, 0.2) is 18.2 Å². The molecule has 0 saturated carbocycles. The summed E-state index contributed by atoms with van der Waals surface area (Å²) in [5, 5.41) is 20.3. The molecule has 11 nitrogen and oxygen atoms in total. The number of carbonyl (C=O) groups excluding carboxylic acids is 2. The summed E-state index contributed by atoms with van der Waals surface area (Å²) in [6.07, 6.45) is 1.14. The predicted molar refractivity (Wildman–Crippen MR) is 112 cm³/mol. The Balaban J connectivity index is 1.40. The zero-order chi connectivity index (χ0) is 22.7. The predicted octanol–water partition coefficient (Wildman–Crippen LogP) is 1.52. The summed E-state index contributed by atoms with van der Waals surface area (Å²) in [6.45, 7) is 3.17. The Labute approximate surface area is 182 Å². The number of hydrogen-bond donors (Lipinski definition) is 1. The second kappa shape index (κ2) is 8.65. The molecule has 1 N–H and O–H groups in total. The van der Waals surface area contributed by atoms with E-state index in [4.69, 9.17) is 4.74 Å². The van der Waals surface area contributed by atoms with Gasteiger partial charge in [0.25, 0.3) is 11.7 Å². The number of rotatable bonds is 6. The van der Waals surface area contributed by atoms with Crippen LogP contribution in [0.3, 0.4) is 0 Å². The number of esters is 1. The van der Waals surface area contributed by atoms with Crippen LogP contribution in [0, 0.1) is 25.2 Å². The number of aromatic nitrogens is 6. The first-order valence-corrected chi connectivity index (χ1v) is 9.63. The highest BCUT2D eigenvalue weighted by atomic mass is 16.5. The normalized spacial score (nSPS) is 10.7. The smallest absolute Gasteiger partial charge is 0.314 e. The molecule has 32 heavy (non-hydrogen) atoms. The minimum Gasteiger partial charge on any atom is -0.455 e. The Kier molecular flexibility index (Phi) is 5.59. The van der Waals surface area contributed by atoms with Crippen LogP contribution in [0.25, 0.3) is 11.5 Å². The lowest BCUT2D eigenvalue weighted by Gasteiger charge is -2.09. The minimum absolute atomic E-state index is 0.181. The molecular weight excluding hydrogens is 412 g/mol. The molecule has 0 spiro atoms. The molecule has 0 aliphatic rings. The number of aryl methyl sites for hydroxylation is 2. The van der Waals surface area contributed by atoms with Gasteiger partial charge in [-0.05, 0) is 32.0 Å². The molecule has 3 aromatic heterocycles. The van der Waals surface area contributed by atoms with Crippen molar-refractivity contribution >= 4 is 23.5 Å². The largest absolute Gasteiger partial charge is 0.455 e. The van der Waals surface area contributed by atoms with Crippen LogP contribution in [-0.4, -0.2) is 47.8 Å². The highest BCUT2D eigenvalue weighted by molar-refractivity contribution is 5.93. The molecule has 0 atom stereocenters. The SMILES string of the molecule is Cc1cc(C)n2nc(CC(=O)OCC(=O)Nc3c(C#N)cnn3-c3ccccc3)nc2n1. The summed E-state index contributed by atoms with van der Waals surface area (Å²) in [5.41, 5.74) is 2.47. The third-order valence-corrected chi connectivity index (χ3v) is 4.48. The Morgan fingerprint density at radius 2 is 1.97 bits per heavy atom. The number of para-hydroxylation sites is 1. The lowest BCUT2D eigenvalue weighted by atomic mass is 10.3. The summed E-state index contributed by atoms with van der Waals surface area (Å²) in [4.78, 5) is 33.0. The van der Waals surface area contributed by atoms with Crippen LogP contribution in [-0.2, 0) is 20.7 Å². The van der Waals surface area contributed by atoms with Crippen LogP contribution >= 0.6 is 0 Å². The van der Waals surface area contributed by atoms with Crippen molar-refractivity contribution in [2.24, 2.45) is 0 Å². The number of anilines is 1. The monoisotopic (exact) mass is 430 g/mol. The van der Waals surface area contributed by atoms with E-state index < -0.39 is 18.5 Å². The van der Waals surface area contributed by atoms with Crippen LogP contribution < -0.4 is 5.32 Å². The van der Waals surface area contributed by atoms with Crippen molar-refractivity contribution in [1.29, 1.82) is 5.26 Å². The van der Waals surface area contributed by atoms with Crippen LogP contribution in [0.2, 0.25) is 0 Å². The third kappa shape index (κ3) is 4.29. The summed E-state index contributed by atoms with van der Waals surface area (Å²) in [5.74, 6) is -0.448. The average molecular weight is 430 g/mol. The summed E-state index contributed by atoms with van der Waals surface area (Å²) >= 11 is 0. The molecule has 1 aromatic carbocycles. The second-order valence-electron chi connectivity index (χ2n) is 6.93. The van der Waals surface area contributed by atoms with Gasteiger partial charge in [0.1, 0.15) is 18.1 Å². The quantitative estimate of drug-likeness (QED) is 0.454. The van der Waals surface area contributed by atoms with Crippen molar-refractivity contribution in [3.8, 4) is 11.8 Å². The van der Waals surface area contributed by atoms with E-state index in [1.165, 1.54) is 15.4 Å². The van der Waals surface area contributed by atoms with Crippen molar-refractivity contribution < 1.29 is 14.3 Å². The van der Waals surface area contributed by atoms with Gasteiger partial charge in [-0.2, -0.15) is 15.3 Å². The zero-order valence-electron chi connectivity index (χ0n) is 17.3. The van der Waals surface area contributed by atoms with Crippen LogP contribution in [0.4, 0.5) is 5.82 Å². The van der Waals surface area contributed by atoms with E-state index in [9.17, 15) is 14.9 Å². The van der Waals surface area contributed by atoms with Gasteiger partial charge in [-0.3, -0.25) is 9.59 Å². The fraction of sp³-hybridized carbons (Fsp3) is 0.190. The molecular formula is C21H18N8O3. The van der Waals surface area contributed by atoms with Gasteiger partial charge in [-0.15, -0.1) is 5.10 Å². The highest BCUT2D eigenvalue weighted by Crippen LogP contribution is 2.19. The number of nitriles is 1. The fourth-order valence-electron chi connectivity index (χ4n) is 3.09. The van der Waals surface area contributed by atoms with Crippen molar-refractivity contribution in [2.45, 2.75) is 20.3 Å². The maximum Gasteiger partial charge on any atom is 0.314 e. The highest BCUT2D eigenvalue weighted by Gasteiger charge is 2.17. The molecule has 0 bridgehead atoms. The number of hydrogen-bond acceptors (Lipinski definition) is 8. The zero-order valence-corrected chi connectivity index (χ0v) is 17.3. The van der Waals surface area contributed by atoms with Gasteiger partial charge in [-0.1, -0.05) is 18.2 Å². The molecule has 0 unspecified atom stereocenters. The number of carbonyl (C=O) groups is 2. The molecule has 3 heterocycles. The molecule has 0 aliphatic carbocycles. The molecule has 4 aromatic rings. The van der Waals surface area contributed by atoms with Gasteiger partial charge < -0.3 is 10.1 Å². The Bertz CT molecular complexity index is 1350. The van der Waals surface area contributed by atoms with Crippen molar-refractivity contribution in [3.63, 3.8) is 0 Å². The molecule has 4 rings (SSSR count). The first-order valence-electron chi connectivity index (χ1n) is 9.63. The van der Waals surface area contributed by atoms with E-state index >= 15 is 0 Å². The topological polar surface area (TPSA) is 140 Å².